The third-order valence-electron chi connectivity index (χ3n) is 5.54. The fourth-order valence-electron chi connectivity index (χ4n) is 3.53. The summed E-state index contributed by atoms with van der Waals surface area (Å²) < 4.78 is 6.26. The second-order valence-corrected chi connectivity index (χ2v) is 8.92. The van der Waals surface area contributed by atoms with Crippen molar-refractivity contribution in [2.45, 2.75) is 85.7 Å². The zero-order valence-corrected chi connectivity index (χ0v) is 19.1. The van der Waals surface area contributed by atoms with Crippen LogP contribution in [0.15, 0.2) is 53.2 Å². The minimum absolute atomic E-state index is 0.297. The molecule has 1 aliphatic rings. The molecule has 0 radical (unpaired) electrons. The molecule has 2 rings (SSSR count). The zero-order valence-electron chi connectivity index (χ0n) is 19.1. The Morgan fingerprint density at radius 1 is 0.966 bits per heavy atom. The summed E-state index contributed by atoms with van der Waals surface area (Å²) in [6.07, 6.45) is 17.7. The predicted molar refractivity (Wildman–Crippen MR) is 126 cm³/mol. The van der Waals surface area contributed by atoms with Gasteiger partial charge in [-0.3, -0.25) is 0 Å². The molecular formula is C27H38O2. The van der Waals surface area contributed by atoms with Crippen molar-refractivity contribution in [1.29, 1.82) is 0 Å². The average Bonchev–Trinajstić information content (AvgIpc) is 2.63. The minimum Gasteiger partial charge on any atom is -0.508 e. The molecule has 0 aliphatic carbocycles. The molecule has 1 heterocycles. The van der Waals surface area contributed by atoms with Gasteiger partial charge < -0.3 is 9.84 Å². The van der Waals surface area contributed by atoms with Gasteiger partial charge in [-0.15, -0.1) is 0 Å². The molecule has 1 aromatic carbocycles. The molecule has 2 nitrogen and oxygen atoms in total. The van der Waals surface area contributed by atoms with Gasteiger partial charge >= 0.3 is 0 Å². The van der Waals surface area contributed by atoms with E-state index in [1.165, 1.54) is 16.7 Å². The van der Waals surface area contributed by atoms with E-state index in [1.807, 2.05) is 13.0 Å². The van der Waals surface area contributed by atoms with E-state index in [1.54, 1.807) is 6.07 Å². The molecule has 1 N–H and O–H groups in total. The van der Waals surface area contributed by atoms with Crippen LogP contribution in [0.4, 0.5) is 0 Å². The number of phenolic OH excluding ortho intramolecular Hbond substituents is 1. The van der Waals surface area contributed by atoms with Crippen LogP contribution in [0.3, 0.4) is 0 Å². The minimum atomic E-state index is -0.297. The lowest BCUT2D eigenvalue weighted by atomic mass is 9.94. The molecule has 0 aromatic heterocycles. The van der Waals surface area contributed by atoms with Crippen molar-refractivity contribution < 1.29 is 9.84 Å². The topological polar surface area (TPSA) is 29.5 Å². The first-order chi connectivity index (χ1) is 13.7. The van der Waals surface area contributed by atoms with E-state index in [0.29, 0.717) is 5.75 Å². The van der Waals surface area contributed by atoms with Crippen molar-refractivity contribution >= 4 is 6.08 Å². The summed E-state index contributed by atoms with van der Waals surface area (Å²) in [7, 11) is 0. The van der Waals surface area contributed by atoms with E-state index >= 15 is 0 Å². The molecule has 2 heteroatoms. The monoisotopic (exact) mass is 394 g/mol. The predicted octanol–water partition coefficient (Wildman–Crippen LogP) is 8.06. The Labute approximate surface area is 177 Å². The fourth-order valence-corrected chi connectivity index (χ4v) is 3.53. The van der Waals surface area contributed by atoms with Crippen molar-refractivity contribution in [3.63, 3.8) is 0 Å². The number of ether oxygens (including phenoxy) is 1. The highest BCUT2D eigenvalue weighted by atomic mass is 16.5. The Morgan fingerprint density at radius 3 is 2.24 bits per heavy atom. The molecule has 0 amide bonds. The zero-order chi connectivity index (χ0) is 21.4. The van der Waals surface area contributed by atoms with Crippen LogP contribution in [0.5, 0.6) is 11.5 Å². The first-order valence-electron chi connectivity index (χ1n) is 10.8. The van der Waals surface area contributed by atoms with Crippen molar-refractivity contribution in [2.75, 3.05) is 0 Å². The van der Waals surface area contributed by atoms with Gasteiger partial charge in [0.25, 0.3) is 0 Å². The second-order valence-electron chi connectivity index (χ2n) is 8.92. The van der Waals surface area contributed by atoms with Gasteiger partial charge in [0.15, 0.2) is 0 Å². The number of phenols is 1. The third-order valence-corrected chi connectivity index (χ3v) is 5.54. The van der Waals surface area contributed by atoms with Gasteiger partial charge in [-0.1, -0.05) is 41.0 Å². The summed E-state index contributed by atoms with van der Waals surface area (Å²) in [5.41, 5.74) is 5.84. The van der Waals surface area contributed by atoms with E-state index in [2.05, 4.69) is 65.0 Å². The summed E-state index contributed by atoms with van der Waals surface area (Å²) in [6, 6.07) is 3.71. The van der Waals surface area contributed by atoms with E-state index < -0.39 is 0 Å². The van der Waals surface area contributed by atoms with Gasteiger partial charge in [0.2, 0.25) is 0 Å². The van der Waals surface area contributed by atoms with Crippen LogP contribution in [0.1, 0.15) is 84.3 Å². The number of rotatable bonds is 9. The van der Waals surface area contributed by atoms with Gasteiger partial charge in [0, 0.05) is 5.56 Å². The van der Waals surface area contributed by atoms with Crippen LogP contribution in [-0.2, 0) is 0 Å². The Kier molecular flexibility index (Phi) is 8.37. The van der Waals surface area contributed by atoms with Crippen LogP contribution in [0.2, 0.25) is 0 Å². The van der Waals surface area contributed by atoms with Gasteiger partial charge in [0.1, 0.15) is 17.1 Å². The quantitative estimate of drug-likeness (QED) is 0.429. The highest BCUT2D eigenvalue weighted by Gasteiger charge is 2.27. The number of hydrogen-bond acceptors (Lipinski definition) is 2. The van der Waals surface area contributed by atoms with Crippen molar-refractivity contribution in [3.05, 3.63) is 64.3 Å². The largest absolute Gasteiger partial charge is 0.508 e. The summed E-state index contributed by atoms with van der Waals surface area (Å²) in [6.45, 7) is 12.8. The maximum absolute atomic E-state index is 9.87. The number of aryl methyl sites for hydroxylation is 1. The number of benzene rings is 1. The maximum atomic E-state index is 9.87. The van der Waals surface area contributed by atoms with Gasteiger partial charge in [-0.25, -0.2) is 0 Å². The summed E-state index contributed by atoms with van der Waals surface area (Å²) in [5, 5.41) is 9.87. The second kappa shape index (κ2) is 10.5. The normalized spacial score (nSPS) is 19.0. The van der Waals surface area contributed by atoms with Crippen LogP contribution < -0.4 is 4.74 Å². The third kappa shape index (κ3) is 7.61. The molecule has 1 aromatic rings. The molecule has 29 heavy (non-hydrogen) atoms. The molecule has 0 bridgehead atoms. The van der Waals surface area contributed by atoms with Crippen molar-refractivity contribution in [3.8, 4) is 11.5 Å². The molecule has 1 atom stereocenters. The van der Waals surface area contributed by atoms with Crippen LogP contribution in [-0.4, -0.2) is 10.7 Å². The Bertz CT molecular complexity index is 819. The molecule has 0 fully saturated rings. The van der Waals surface area contributed by atoms with Crippen LogP contribution in [0.25, 0.3) is 6.08 Å². The molecular weight excluding hydrogens is 356 g/mol. The van der Waals surface area contributed by atoms with E-state index in [0.717, 1.165) is 55.4 Å². The molecule has 0 spiro atoms. The molecule has 0 saturated carbocycles. The van der Waals surface area contributed by atoms with E-state index in [4.69, 9.17) is 4.74 Å². The molecule has 158 valence electrons. The Hall–Kier alpha value is -2.22. The number of aromatic hydroxyl groups is 1. The lowest BCUT2D eigenvalue weighted by molar-refractivity contribution is 0.128. The smallest absolute Gasteiger partial charge is 0.128 e. The lowest BCUT2D eigenvalue weighted by Gasteiger charge is -2.31. The Morgan fingerprint density at radius 2 is 1.59 bits per heavy atom. The van der Waals surface area contributed by atoms with Crippen molar-refractivity contribution in [2.24, 2.45) is 0 Å². The average molecular weight is 395 g/mol. The highest BCUT2D eigenvalue weighted by molar-refractivity contribution is 5.64. The summed E-state index contributed by atoms with van der Waals surface area (Å²) in [4.78, 5) is 0. The van der Waals surface area contributed by atoms with Gasteiger partial charge in [-0.2, -0.15) is 0 Å². The van der Waals surface area contributed by atoms with Crippen LogP contribution in [0, 0.1) is 6.92 Å². The van der Waals surface area contributed by atoms with Gasteiger partial charge in [-0.05, 0) is 104 Å². The number of hydrogen-bond donors (Lipinski definition) is 1. The first-order valence-corrected chi connectivity index (χ1v) is 10.8. The molecule has 0 saturated heterocycles. The van der Waals surface area contributed by atoms with Crippen molar-refractivity contribution in [1.82, 2.24) is 0 Å². The van der Waals surface area contributed by atoms with E-state index in [9.17, 15) is 5.11 Å². The summed E-state index contributed by atoms with van der Waals surface area (Å²) in [5.74, 6) is 1.18. The van der Waals surface area contributed by atoms with E-state index in [-0.39, 0.29) is 5.60 Å². The SMILES string of the molecule is CC(C)=CCCC(C)=CCCC(C)=CCCC1(C)C=Cc2cc(O)c(C)cc2O1. The number of fused-ring (bicyclic) bond motifs is 1. The lowest BCUT2D eigenvalue weighted by Crippen LogP contribution is -2.31. The van der Waals surface area contributed by atoms with Gasteiger partial charge in [0.05, 0.1) is 0 Å². The highest BCUT2D eigenvalue weighted by Crippen LogP contribution is 2.37. The molecule has 1 unspecified atom stereocenters. The summed E-state index contributed by atoms with van der Waals surface area (Å²) >= 11 is 0. The van der Waals surface area contributed by atoms with Crippen LogP contribution >= 0.6 is 0 Å². The molecule has 1 aliphatic heterocycles. The number of allylic oxidation sites excluding steroid dienone is 6. The fraction of sp³-hybridized carbons (Fsp3) is 0.481. The Balaban J connectivity index is 1.80. The standard InChI is InChI=1S/C27H38O2/c1-20(2)10-7-11-21(3)12-8-13-22(4)14-9-16-27(6)17-15-24-19-25(28)23(5)18-26(24)29-27/h10,12,14-15,17-19,28H,7-9,11,13,16H2,1-6H3. The maximum Gasteiger partial charge on any atom is 0.128 e. The first kappa shape index (κ1) is 23.1.